The fourth-order valence-electron chi connectivity index (χ4n) is 8.95. The highest BCUT2D eigenvalue weighted by Gasteiger charge is 2.66. The SMILES string of the molecule is C[C@]12CC/C(=N\OCCN3CCNCC3)C=C1CC[C@@H]1[C@@H]2CC[C@]2(C)[C@@H](c3ccc(=O)oc3)CC[C@]12O. The Bertz CT molecular complexity index is 1100. The van der Waals surface area contributed by atoms with E-state index in [0.717, 1.165) is 95.4 Å². The zero-order chi connectivity index (χ0) is 25.7. The standard InChI is InChI=1S/C30H43N3O4/c1-28-10-7-23(32-37-18-17-33-15-13-31-14-16-33)19-22(28)4-5-26-25(28)8-11-29(2)24(9-12-30(26,29)35)21-3-6-27(34)36-20-21/h3,6,19-20,24-26,31,35H,4-5,7-18H2,1-2H3/b32-23+/t24-,25+,26-,28+,29-,30+/m1/s1. The van der Waals surface area contributed by atoms with E-state index in [0.29, 0.717) is 18.4 Å². The number of fused-ring (bicyclic) bond motifs is 5. The van der Waals surface area contributed by atoms with Crippen molar-refractivity contribution < 1.29 is 14.4 Å². The predicted octanol–water partition coefficient (Wildman–Crippen LogP) is 4.08. The maximum Gasteiger partial charge on any atom is 0.335 e. The van der Waals surface area contributed by atoms with Crippen LogP contribution >= 0.6 is 0 Å². The van der Waals surface area contributed by atoms with Crippen LogP contribution in [0, 0.1) is 22.7 Å². The Morgan fingerprint density at radius 2 is 1.95 bits per heavy atom. The zero-order valence-electron chi connectivity index (χ0n) is 22.5. The van der Waals surface area contributed by atoms with Crippen molar-refractivity contribution in [2.24, 2.45) is 27.8 Å². The van der Waals surface area contributed by atoms with Gasteiger partial charge >= 0.3 is 5.63 Å². The van der Waals surface area contributed by atoms with Crippen LogP contribution in [0.5, 0.6) is 0 Å². The summed E-state index contributed by atoms with van der Waals surface area (Å²) in [5, 5.41) is 20.3. The average Bonchev–Trinajstić information content (AvgIpc) is 3.19. The zero-order valence-corrected chi connectivity index (χ0v) is 22.5. The third-order valence-corrected chi connectivity index (χ3v) is 11.2. The molecule has 0 bridgehead atoms. The molecule has 202 valence electrons. The predicted molar refractivity (Wildman–Crippen MR) is 144 cm³/mol. The molecule has 7 heteroatoms. The Morgan fingerprint density at radius 3 is 2.73 bits per heavy atom. The van der Waals surface area contributed by atoms with E-state index in [4.69, 9.17) is 9.25 Å². The van der Waals surface area contributed by atoms with Gasteiger partial charge in [-0.3, -0.25) is 4.90 Å². The van der Waals surface area contributed by atoms with E-state index in [1.54, 1.807) is 6.26 Å². The second-order valence-corrected chi connectivity index (χ2v) is 12.7. The van der Waals surface area contributed by atoms with Crippen molar-refractivity contribution in [2.45, 2.75) is 76.7 Å². The van der Waals surface area contributed by atoms with Gasteiger partial charge in [-0.05, 0) is 92.2 Å². The number of hydrogen-bond acceptors (Lipinski definition) is 7. The highest BCUT2D eigenvalue weighted by molar-refractivity contribution is 5.96. The largest absolute Gasteiger partial charge is 0.431 e. The second-order valence-electron chi connectivity index (χ2n) is 12.7. The molecule has 0 spiro atoms. The van der Waals surface area contributed by atoms with Gasteiger partial charge in [-0.25, -0.2) is 4.79 Å². The molecule has 1 aromatic rings. The first-order valence-corrected chi connectivity index (χ1v) is 14.5. The summed E-state index contributed by atoms with van der Waals surface area (Å²) in [4.78, 5) is 19.7. The van der Waals surface area contributed by atoms with Crippen molar-refractivity contribution in [3.63, 3.8) is 0 Å². The Morgan fingerprint density at radius 1 is 1.11 bits per heavy atom. The molecule has 0 amide bonds. The van der Waals surface area contributed by atoms with Gasteiger partial charge in [0.15, 0.2) is 0 Å². The van der Waals surface area contributed by atoms with Gasteiger partial charge in [-0.15, -0.1) is 0 Å². The van der Waals surface area contributed by atoms with Crippen LogP contribution in [0.1, 0.15) is 76.7 Å². The molecule has 37 heavy (non-hydrogen) atoms. The van der Waals surface area contributed by atoms with Crippen LogP contribution in [0.25, 0.3) is 0 Å². The minimum Gasteiger partial charge on any atom is -0.431 e. The molecule has 1 aliphatic heterocycles. The molecule has 0 aromatic carbocycles. The molecule has 6 rings (SSSR count). The molecule has 5 aliphatic rings. The van der Waals surface area contributed by atoms with Crippen LogP contribution in [0.4, 0.5) is 0 Å². The average molecular weight is 510 g/mol. The number of rotatable bonds is 5. The van der Waals surface area contributed by atoms with E-state index >= 15 is 0 Å². The molecule has 4 aliphatic carbocycles. The van der Waals surface area contributed by atoms with Gasteiger partial charge in [-0.2, -0.15) is 0 Å². The Labute approximate surface area is 220 Å². The van der Waals surface area contributed by atoms with E-state index < -0.39 is 5.60 Å². The fraction of sp³-hybridized carbons (Fsp3) is 0.733. The summed E-state index contributed by atoms with van der Waals surface area (Å²) in [7, 11) is 0. The number of nitrogens with zero attached hydrogens (tertiary/aromatic N) is 2. The minimum atomic E-state index is -0.674. The van der Waals surface area contributed by atoms with Gasteiger partial charge in [0.1, 0.15) is 6.61 Å². The first-order valence-electron chi connectivity index (χ1n) is 14.5. The van der Waals surface area contributed by atoms with E-state index in [-0.39, 0.29) is 22.4 Å². The van der Waals surface area contributed by atoms with E-state index in [9.17, 15) is 9.90 Å². The van der Waals surface area contributed by atoms with Crippen LogP contribution < -0.4 is 10.9 Å². The van der Waals surface area contributed by atoms with Crippen molar-refractivity contribution >= 4 is 5.71 Å². The molecule has 2 heterocycles. The third kappa shape index (κ3) is 4.22. The van der Waals surface area contributed by atoms with E-state index in [2.05, 4.69) is 35.3 Å². The van der Waals surface area contributed by atoms with Crippen molar-refractivity contribution in [3.05, 3.63) is 46.0 Å². The van der Waals surface area contributed by atoms with Crippen LogP contribution in [0.2, 0.25) is 0 Å². The maximum atomic E-state index is 12.4. The van der Waals surface area contributed by atoms with Gasteiger partial charge in [0.25, 0.3) is 0 Å². The summed E-state index contributed by atoms with van der Waals surface area (Å²) < 4.78 is 5.23. The molecule has 0 unspecified atom stereocenters. The topological polar surface area (TPSA) is 87.3 Å². The smallest absolute Gasteiger partial charge is 0.335 e. The van der Waals surface area contributed by atoms with Crippen molar-refractivity contribution in [2.75, 3.05) is 39.3 Å². The van der Waals surface area contributed by atoms with Gasteiger partial charge < -0.3 is 19.7 Å². The summed E-state index contributed by atoms with van der Waals surface area (Å²) in [6.07, 6.45) is 12.0. The molecule has 3 saturated carbocycles. The molecule has 6 atom stereocenters. The van der Waals surface area contributed by atoms with Crippen LogP contribution in [-0.2, 0) is 4.84 Å². The Hall–Kier alpha value is -1.96. The van der Waals surface area contributed by atoms with E-state index in [1.165, 1.54) is 11.6 Å². The summed E-state index contributed by atoms with van der Waals surface area (Å²) >= 11 is 0. The normalized spacial score (nSPS) is 41.0. The lowest BCUT2D eigenvalue weighted by atomic mass is 9.45. The van der Waals surface area contributed by atoms with E-state index in [1.807, 2.05) is 6.07 Å². The lowest BCUT2D eigenvalue weighted by Gasteiger charge is -2.61. The van der Waals surface area contributed by atoms with Crippen molar-refractivity contribution in [3.8, 4) is 0 Å². The van der Waals surface area contributed by atoms with Crippen molar-refractivity contribution in [1.82, 2.24) is 10.2 Å². The Kier molecular flexibility index (Phi) is 6.61. The summed E-state index contributed by atoms with van der Waals surface area (Å²) in [5.74, 6) is 1.03. The van der Waals surface area contributed by atoms with Crippen LogP contribution in [-0.4, -0.2) is 60.6 Å². The monoisotopic (exact) mass is 509 g/mol. The first-order chi connectivity index (χ1) is 17.8. The third-order valence-electron chi connectivity index (χ3n) is 11.2. The quantitative estimate of drug-likeness (QED) is 0.460. The fourth-order valence-corrected chi connectivity index (χ4v) is 8.95. The lowest BCUT2D eigenvalue weighted by Crippen LogP contribution is -2.60. The van der Waals surface area contributed by atoms with Gasteiger partial charge in [0.2, 0.25) is 0 Å². The van der Waals surface area contributed by atoms with Gasteiger partial charge in [0, 0.05) is 44.2 Å². The second kappa shape index (κ2) is 9.65. The Balaban J connectivity index is 1.16. The highest BCUT2D eigenvalue weighted by atomic mass is 16.6. The number of allylic oxidation sites excluding steroid dienone is 2. The first kappa shape index (κ1) is 25.3. The summed E-state index contributed by atoms with van der Waals surface area (Å²) in [6.45, 7) is 10.6. The number of piperazine rings is 1. The molecular weight excluding hydrogens is 466 g/mol. The molecule has 2 N–H and O–H groups in total. The number of nitrogens with one attached hydrogen (secondary N) is 1. The summed E-state index contributed by atoms with van der Waals surface area (Å²) in [6, 6.07) is 3.44. The summed E-state index contributed by atoms with van der Waals surface area (Å²) in [5.41, 5.74) is 2.60. The molecule has 1 aromatic heterocycles. The van der Waals surface area contributed by atoms with Crippen LogP contribution in [0.3, 0.4) is 0 Å². The maximum absolute atomic E-state index is 12.4. The van der Waals surface area contributed by atoms with Gasteiger partial charge in [0.05, 0.1) is 17.6 Å². The number of aliphatic hydroxyl groups is 1. The van der Waals surface area contributed by atoms with Crippen molar-refractivity contribution in [1.29, 1.82) is 0 Å². The molecule has 1 saturated heterocycles. The molecule has 0 radical (unpaired) electrons. The number of hydrogen-bond donors (Lipinski definition) is 2. The van der Waals surface area contributed by atoms with Crippen LogP contribution in [0.15, 0.2) is 44.4 Å². The molecular formula is C30H43N3O4. The molecule has 7 nitrogen and oxygen atoms in total. The lowest BCUT2D eigenvalue weighted by molar-refractivity contribution is -0.176. The number of oxime groups is 1. The molecule has 4 fully saturated rings. The van der Waals surface area contributed by atoms with Gasteiger partial charge in [-0.1, -0.05) is 24.6 Å². The minimum absolute atomic E-state index is 0.122. The highest BCUT2D eigenvalue weighted by Crippen LogP contribution is 2.69.